The lowest BCUT2D eigenvalue weighted by Crippen LogP contribution is -2.30. The Morgan fingerprint density at radius 2 is 0.506 bits per heavy atom. The molecule has 0 aromatic heterocycles. The number of hydrogen-bond acceptors (Lipinski definition) is 6. The molecule has 0 N–H and O–H groups in total. The Morgan fingerprint density at radius 1 is 0.266 bits per heavy atom. The van der Waals surface area contributed by atoms with Crippen molar-refractivity contribution < 1.29 is 28.6 Å². The van der Waals surface area contributed by atoms with Gasteiger partial charge < -0.3 is 14.2 Å². The quantitative estimate of drug-likeness (QED) is 0.0261. The number of unbranched alkanes of at least 4 members (excludes halogenated alkanes) is 40. The van der Waals surface area contributed by atoms with Crippen molar-refractivity contribution in [3.8, 4) is 0 Å². The van der Waals surface area contributed by atoms with Crippen molar-refractivity contribution in [2.75, 3.05) is 13.2 Å². The Labute approximate surface area is 491 Å². The third kappa shape index (κ3) is 65.5. The van der Waals surface area contributed by atoms with E-state index < -0.39 is 6.10 Å². The Morgan fingerprint density at radius 3 is 0.835 bits per heavy atom. The SMILES string of the molecule is CC/C=C\C/C=C\C/C=C\C/C=C\C/C=C\CCCC(=O)OC(COC(=O)CCCCCCC/C=C\CCCCCC)COC(=O)CCCCCCCCCCCCCCCCCCCCCCCCCCCCCCCCC. The molecule has 0 bridgehead atoms. The molecule has 0 aromatic carbocycles. The van der Waals surface area contributed by atoms with E-state index in [1.165, 1.54) is 225 Å². The highest BCUT2D eigenvalue weighted by Gasteiger charge is 2.19. The summed E-state index contributed by atoms with van der Waals surface area (Å²) in [6.45, 7) is 6.50. The van der Waals surface area contributed by atoms with Crippen molar-refractivity contribution in [3.05, 3.63) is 72.9 Å². The predicted molar refractivity (Wildman–Crippen MR) is 344 cm³/mol. The number of hydrogen-bond donors (Lipinski definition) is 0. The molecule has 6 heteroatoms. The molecule has 0 saturated heterocycles. The molecule has 0 spiro atoms. The molecule has 1 unspecified atom stereocenters. The van der Waals surface area contributed by atoms with Crippen molar-refractivity contribution in [3.63, 3.8) is 0 Å². The molecule has 0 fully saturated rings. The number of allylic oxidation sites excluding steroid dienone is 12. The van der Waals surface area contributed by atoms with Crippen LogP contribution in [0.15, 0.2) is 72.9 Å². The maximum absolute atomic E-state index is 12.9. The van der Waals surface area contributed by atoms with Gasteiger partial charge in [-0.3, -0.25) is 14.4 Å². The van der Waals surface area contributed by atoms with Gasteiger partial charge in [0.15, 0.2) is 6.10 Å². The first-order valence-electron chi connectivity index (χ1n) is 34.4. The lowest BCUT2D eigenvalue weighted by molar-refractivity contribution is -0.167. The largest absolute Gasteiger partial charge is 0.462 e. The molecule has 0 amide bonds. The number of esters is 3. The highest BCUT2D eigenvalue weighted by atomic mass is 16.6. The Kier molecular flexibility index (Phi) is 64.7. The molecular weight excluding hydrogens is 973 g/mol. The lowest BCUT2D eigenvalue weighted by Gasteiger charge is -2.18. The molecule has 0 saturated carbocycles. The van der Waals surface area contributed by atoms with E-state index in [-0.39, 0.29) is 37.5 Å². The second-order valence-electron chi connectivity index (χ2n) is 23.1. The molecule has 0 heterocycles. The van der Waals surface area contributed by atoms with E-state index in [1.54, 1.807) is 0 Å². The normalized spacial score (nSPS) is 12.5. The van der Waals surface area contributed by atoms with E-state index in [4.69, 9.17) is 14.2 Å². The molecular formula is C73H130O6. The van der Waals surface area contributed by atoms with Gasteiger partial charge in [-0.1, -0.05) is 325 Å². The predicted octanol–water partition coefficient (Wildman–Crippen LogP) is 23.7. The fourth-order valence-electron chi connectivity index (χ4n) is 10.1. The van der Waals surface area contributed by atoms with E-state index in [9.17, 15) is 14.4 Å². The Balaban J connectivity index is 4.20. The molecule has 458 valence electrons. The first kappa shape index (κ1) is 75.8. The fourth-order valence-corrected chi connectivity index (χ4v) is 10.1. The average molecular weight is 1100 g/mol. The number of ether oxygens (including phenoxy) is 3. The van der Waals surface area contributed by atoms with Crippen molar-refractivity contribution >= 4 is 17.9 Å². The third-order valence-electron chi connectivity index (χ3n) is 15.2. The van der Waals surface area contributed by atoms with Gasteiger partial charge in [0.2, 0.25) is 0 Å². The van der Waals surface area contributed by atoms with Gasteiger partial charge in [-0.25, -0.2) is 0 Å². The van der Waals surface area contributed by atoms with Gasteiger partial charge in [0.25, 0.3) is 0 Å². The summed E-state index contributed by atoms with van der Waals surface area (Å²) in [6, 6.07) is 0. The zero-order valence-corrected chi connectivity index (χ0v) is 52.6. The molecule has 0 aliphatic carbocycles. The van der Waals surface area contributed by atoms with Gasteiger partial charge in [-0.15, -0.1) is 0 Å². The third-order valence-corrected chi connectivity index (χ3v) is 15.2. The molecule has 6 nitrogen and oxygen atoms in total. The summed E-state index contributed by atoms with van der Waals surface area (Å²) in [6.07, 6.45) is 88.1. The van der Waals surface area contributed by atoms with Crippen LogP contribution in [0.4, 0.5) is 0 Å². The van der Waals surface area contributed by atoms with E-state index >= 15 is 0 Å². The second kappa shape index (κ2) is 67.4. The lowest BCUT2D eigenvalue weighted by atomic mass is 10.0. The summed E-state index contributed by atoms with van der Waals surface area (Å²) < 4.78 is 16.9. The maximum Gasteiger partial charge on any atom is 0.306 e. The minimum absolute atomic E-state index is 0.0978. The summed E-state index contributed by atoms with van der Waals surface area (Å²) in [5.41, 5.74) is 0. The highest BCUT2D eigenvalue weighted by Crippen LogP contribution is 2.18. The highest BCUT2D eigenvalue weighted by molar-refractivity contribution is 5.71. The number of carbonyl (C=O) groups excluding carboxylic acids is 3. The van der Waals surface area contributed by atoms with Crippen LogP contribution in [0, 0.1) is 0 Å². The molecule has 1 atom stereocenters. The average Bonchev–Trinajstić information content (AvgIpc) is 3.45. The van der Waals surface area contributed by atoms with Gasteiger partial charge in [0.05, 0.1) is 0 Å². The molecule has 0 aromatic rings. The summed E-state index contributed by atoms with van der Waals surface area (Å²) in [7, 11) is 0. The minimum atomic E-state index is -0.808. The zero-order chi connectivity index (χ0) is 57.1. The van der Waals surface area contributed by atoms with Crippen molar-refractivity contribution in [2.24, 2.45) is 0 Å². The van der Waals surface area contributed by atoms with Crippen LogP contribution in [0.5, 0.6) is 0 Å². The topological polar surface area (TPSA) is 78.9 Å². The summed E-state index contributed by atoms with van der Waals surface area (Å²) in [4.78, 5) is 38.3. The Hall–Kier alpha value is -3.15. The van der Waals surface area contributed by atoms with Gasteiger partial charge in [0.1, 0.15) is 13.2 Å². The molecule has 79 heavy (non-hydrogen) atoms. The smallest absolute Gasteiger partial charge is 0.306 e. The fraction of sp³-hybridized carbons (Fsp3) is 0.795. The van der Waals surface area contributed by atoms with Crippen molar-refractivity contribution in [1.29, 1.82) is 0 Å². The van der Waals surface area contributed by atoms with Crippen LogP contribution in [0.2, 0.25) is 0 Å². The van der Waals surface area contributed by atoms with Crippen molar-refractivity contribution in [2.45, 2.75) is 361 Å². The maximum atomic E-state index is 12.9. The zero-order valence-electron chi connectivity index (χ0n) is 52.6. The first-order valence-corrected chi connectivity index (χ1v) is 34.4. The first-order chi connectivity index (χ1) is 39.0. The number of rotatable bonds is 63. The van der Waals surface area contributed by atoms with Crippen LogP contribution in [0.1, 0.15) is 355 Å². The van der Waals surface area contributed by atoms with Crippen LogP contribution in [-0.2, 0) is 28.6 Å². The van der Waals surface area contributed by atoms with Crippen LogP contribution in [0.3, 0.4) is 0 Å². The number of carbonyl (C=O) groups is 3. The van der Waals surface area contributed by atoms with Gasteiger partial charge in [-0.2, -0.15) is 0 Å². The molecule has 0 radical (unpaired) electrons. The van der Waals surface area contributed by atoms with Gasteiger partial charge >= 0.3 is 17.9 Å². The summed E-state index contributed by atoms with van der Waals surface area (Å²) >= 11 is 0. The Bertz CT molecular complexity index is 1450. The van der Waals surface area contributed by atoms with Gasteiger partial charge in [-0.05, 0) is 83.5 Å². The van der Waals surface area contributed by atoms with Gasteiger partial charge in [0, 0.05) is 19.3 Å². The van der Waals surface area contributed by atoms with Crippen LogP contribution < -0.4 is 0 Å². The van der Waals surface area contributed by atoms with Crippen LogP contribution in [-0.4, -0.2) is 37.2 Å². The van der Waals surface area contributed by atoms with E-state index in [0.717, 1.165) is 83.5 Å². The van der Waals surface area contributed by atoms with E-state index in [2.05, 4.69) is 93.7 Å². The van der Waals surface area contributed by atoms with Crippen LogP contribution in [0.25, 0.3) is 0 Å². The molecule has 0 rings (SSSR count). The van der Waals surface area contributed by atoms with E-state index in [0.29, 0.717) is 19.3 Å². The van der Waals surface area contributed by atoms with E-state index in [1.807, 2.05) is 0 Å². The molecule has 0 aliphatic rings. The monoisotopic (exact) mass is 1100 g/mol. The minimum Gasteiger partial charge on any atom is -0.462 e. The second-order valence-corrected chi connectivity index (χ2v) is 23.1. The standard InChI is InChI=1S/C73H130O6/c1-4-7-10-13-16-19-22-25-27-29-30-31-32-33-34-35-36-37-38-39-40-41-42-44-45-48-51-54-57-60-63-66-72(75)78-69-70(68-77-71(74)65-62-59-56-53-50-47-24-21-18-15-12-9-6-3)79-73(76)67-64-61-58-55-52-49-46-43-28-26-23-20-17-14-11-8-5-2/h8,11,17,20-21,24,26,28,46,49,55,58,70H,4-7,9-10,12-16,18-19,22-23,25,27,29-45,47-48,50-54,56-57,59-69H2,1-3H3/b11-8-,20-17-,24-21-,28-26-,49-46-,58-55-. The summed E-state index contributed by atoms with van der Waals surface area (Å²) in [5.74, 6) is -0.950. The van der Waals surface area contributed by atoms with Crippen LogP contribution >= 0.6 is 0 Å². The molecule has 0 aliphatic heterocycles. The summed E-state index contributed by atoms with van der Waals surface area (Å²) in [5, 5.41) is 0. The van der Waals surface area contributed by atoms with Crippen molar-refractivity contribution in [1.82, 2.24) is 0 Å².